The Kier molecular flexibility index (Phi) is 5.96. The molecule has 0 radical (unpaired) electrons. The average Bonchev–Trinajstić information content (AvgIpc) is 2.76. The number of likely N-dealkylation sites (tertiary alicyclic amines) is 1. The highest BCUT2D eigenvalue weighted by atomic mass is 16.2. The zero-order valence-electron chi connectivity index (χ0n) is 12.7. The fourth-order valence-corrected chi connectivity index (χ4v) is 2.58. The van der Waals surface area contributed by atoms with Crippen molar-refractivity contribution in [2.75, 3.05) is 19.6 Å². The molecule has 0 saturated carbocycles. The number of carbonyl (C=O) groups is 2. The van der Waals surface area contributed by atoms with E-state index in [1.165, 1.54) is 0 Å². The van der Waals surface area contributed by atoms with Crippen molar-refractivity contribution in [3.63, 3.8) is 0 Å². The van der Waals surface area contributed by atoms with Crippen LogP contribution in [-0.2, 0) is 4.79 Å². The van der Waals surface area contributed by atoms with E-state index in [1.54, 1.807) is 24.3 Å². The second-order valence-corrected chi connectivity index (χ2v) is 5.49. The second-order valence-electron chi connectivity index (χ2n) is 5.49. The van der Waals surface area contributed by atoms with Crippen LogP contribution in [0.2, 0.25) is 0 Å². The molecule has 5 nitrogen and oxygen atoms in total. The van der Waals surface area contributed by atoms with E-state index >= 15 is 0 Å². The molecule has 5 heteroatoms. The van der Waals surface area contributed by atoms with E-state index in [0.29, 0.717) is 30.6 Å². The molecule has 1 aliphatic heterocycles. The van der Waals surface area contributed by atoms with E-state index in [0.717, 1.165) is 32.2 Å². The predicted molar refractivity (Wildman–Crippen MR) is 83.2 cm³/mol. The van der Waals surface area contributed by atoms with Gasteiger partial charge in [-0.25, -0.2) is 0 Å². The van der Waals surface area contributed by atoms with Crippen molar-refractivity contribution in [2.45, 2.75) is 32.1 Å². The van der Waals surface area contributed by atoms with E-state index in [-0.39, 0.29) is 11.8 Å². The largest absolute Gasteiger partial charge is 0.352 e. The third-order valence-electron chi connectivity index (χ3n) is 3.82. The number of hydrogen-bond acceptors (Lipinski definition) is 3. The predicted octanol–water partition coefficient (Wildman–Crippen LogP) is 2.08. The summed E-state index contributed by atoms with van der Waals surface area (Å²) >= 11 is 0. The normalized spacial score (nSPS) is 15.0. The van der Waals surface area contributed by atoms with E-state index in [1.807, 2.05) is 11.0 Å². The molecule has 0 aliphatic carbocycles. The summed E-state index contributed by atoms with van der Waals surface area (Å²) in [5.41, 5.74) is 0.965. The van der Waals surface area contributed by atoms with Gasteiger partial charge in [-0.1, -0.05) is 12.5 Å². The van der Waals surface area contributed by atoms with E-state index < -0.39 is 0 Å². The zero-order chi connectivity index (χ0) is 15.8. The van der Waals surface area contributed by atoms with E-state index in [9.17, 15) is 9.59 Å². The smallest absolute Gasteiger partial charge is 0.251 e. The standard InChI is InChI=1S/C17H21N3O2/c18-13-14-6-4-7-15(12-14)17(22)19-9-5-11-20-10-3-1-2-8-16(20)21/h4,6-7,12H,1-3,5,8-11H2,(H,19,22). The van der Waals surface area contributed by atoms with Gasteiger partial charge in [0.1, 0.15) is 0 Å². The third kappa shape index (κ3) is 4.59. The lowest BCUT2D eigenvalue weighted by atomic mass is 10.1. The molecule has 1 aromatic carbocycles. The topological polar surface area (TPSA) is 73.2 Å². The first-order chi connectivity index (χ1) is 10.7. The van der Waals surface area contributed by atoms with Crippen LogP contribution in [0.15, 0.2) is 24.3 Å². The van der Waals surface area contributed by atoms with Crippen LogP contribution >= 0.6 is 0 Å². The van der Waals surface area contributed by atoms with Gasteiger partial charge in [0.05, 0.1) is 11.6 Å². The van der Waals surface area contributed by atoms with Crippen LogP contribution in [-0.4, -0.2) is 36.3 Å². The minimum atomic E-state index is -0.181. The SMILES string of the molecule is N#Cc1cccc(C(=O)NCCCN2CCCCCC2=O)c1. The maximum absolute atomic E-state index is 12.0. The van der Waals surface area contributed by atoms with Gasteiger partial charge in [-0.3, -0.25) is 9.59 Å². The van der Waals surface area contributed by atoms with E-state index in [4.69, 9.17) is 5.26 Å². The van der Waals surface area contributed by atoms with Crippen molar-refractivity contribution < 1.29 is 9.59 Å². The third-order valence-corrected chi connectivity index (χ3v) is 3.82. The molecule has 0 spiro atoms. The van der Waals surface area contributed by atoms with Crippen molar-refractivity contribution in [2.24, 2.45) is 0 Å². The highest BCUT2D eigenvalue weighted by Crippen LogP contribution is 2.11. The van der Waals surface area contributed by atoms with Crippen molar-refractivity contribution in [3.05, 3.63) is 35.4 Å². The molecule has 0 bridgehead atoms. The minimum Gasteiger partial charge on any atom is -0.352 e. The summed E-state index contributed by atoms with van der Waals surface area (Å²) in [6, 6.07) is 8.65. The summed E-state index contributed by atoms with van der Waals surface area (Å²) in [5.74, 6) is 0.0461. The molecule has 1 heterocycles. The Morgan fingerprint density at radius 2 is 2.18 bits per heavy atom. The summed E-state index contributed by atoms with van der Waals surface area (Å²) in [6.45, 7) is 2.05. The Labute approximate surface area is 130 Å². The molecule has 1 fully saturated rings. The number of hydrogen-bond donors (Lipinski definition) is 1. The van der Waals surface area contributed by atoms with Crippen molar-refractivity contribution in [3.8, 4) is 6.07 Å². The Bertz CT molecular complexity index is 578. The van der Waals surface area contributed by atoms with Crippen LogP contribution in [0.25, 0.3) is 0 Å². The maximum atomic E-state index is 12.0. The van der Waals surface area contributed by atoms with Crippen LogP contribution in [0.3, 0.4) is 0 Å². The van der Waals surface area contributed by atoms with Gasteiger partial charge in [-0.05, 0) is 37.5 Å². The molecule has 1 N–H and O–H groups in total. The van der Waals surface area contributed by atoms with Crippen molar-refractivity contribution >= 4 is 11.8 Å². The quantitative estimate of drug-likeness (QED) is 0.846. The fraction of sp³-hybridized carbons (Fsp3) is 0.471. The number of nitrogens with one attached hydrogen (secondary N) is 1. The summed E-state index contributed by atoms with van der Waals surface area (Å²) in [5, 5.41) is 11.7. The molecule has 1 aliphatic rings. The Balaban J connectivity index is 1.75. The molecule has 2 amide bonds. The Morgan fingerprint density at radius 1 is 1.32 bits per heavy atom. The molecule has 0 atom stereocenters. The molecular weight excluding hydrogens is 278 g/mol. The van der Waals surface area contributed by atoms with Gasteiger partial charge in [0.2, 0.25) is 5.91 Å². The van der Waals surface area contributed by atoms with Gasteiger partial charge >= 0.3 is 0 Å². The number of benzene rings is 1. The summed E-state index contributed by atoms with van der Waals surface area (Å²) in [6.07, 6.45) is 4.57. The van der Waals surface area contributed by atoms with Crippen molar-refractivity contribution in [1.29, 1.82) is 5.26 Å². The highest BCUT2D eigenvalue weighted by Gasteiger charge is 2.15. The summed E-state index contributed by atoms with van der Waals surface area (Å²) < 4.78 is 0. The first kappa shape index (κ1) is 16.0. The monoisotopic (exact) mass is 299 g/mol. The van der Waals surface area contributed by atoms with Gasteiger partial charge in [-0.2, -0.15) is 5.26 Å². The van der Waals surface area contributed by atoms with Crippen LogP contribution in [0.5, 0.6) is 0 Å². The molecule has 0 aromatic heterocycles. The molecule has 116 valence electrons. The Hall–Kier alpha value is -2.35. The average molecular weight is 299 g/mol. The minimum absolute atomic E-state index is 0.181. The van der Waals surface area contributed by atoms with Crippen LogP contribution in [0.1, 0.15) is 48.0 Å². The molecule has 2 rings (SSSR count). The number of rotatable bonds is 5. The van der Waals surface area contributed by atoms with Gasteiger partial charge in [0.25, 0.3) is 5.91 Å². The Morgan fingerprint density at radius 3 is 3.00 bits per heavy atom. The van der Waals surface area contributed by atoms with Gasteiger partial charge in [0.15, 0.2) is 0 Å². The van der Waals surface area contributed by atoms with E-state index in [2.05, 4.69) is 5.32 Å². The van der Waals surface area contributed by atoms with Crippen LogP contribution in [0, 0.1) is 11.3 Å². The van der Waals surface area contributed by atoms with Crippen molar-refractivity contribution in [1.82, 2.24) is 10.2 Å². The molecule has 0 unspecified atom stereocenters. The summed E-state index contributed by atoms with van der Waals surface area (Å²) in [4.78, 5) is 25.7. The van der Waals surface area contributed by atoms with Gasteiger partial charge in [0, 0.05) is 31.6 Å². The molecule has 1 saturated heterocycles. The van der Waals surface area contributed by atoms with Crippen LogP contribution < -0.4 is 5.32 Å². The lowest BCUT2D eigenvalue weighted by Crippen LogP contribution is -2.34. The lowest BCUT2D eigenvalue weighted by Gasteiger charge is -2.20. The number of nitriles is 1. The van der Waals surface area contributed by atoms with Crippen LogP contribution in [0.4, 0.5) is 0 Å². The van der Waals surface area contributed by atoms with Gasteiger partial charge in [-0.15, -0.1) is 0 Å². The molecule has 22 heavy (non-hydrogen) atoms. The zero-order valence-corrected chi connectivity index (χ0v) is 12.7. The molecular formula is C17H21N3O2. The number of carbonyl (C=O) groups excluding carboxylic acids is 2. The number of nitrogens with zero attached hydrogens (tertiary/aromatic N) is 2. The second kappa shape index (κ2) is 8.18. The lowest BCUT2D eigenvalue weighted by molar-refractivity contribution is -0.130. The van der Waals surface area contributed by atoms with Gasteiger partial charge < -0.3 is 10.2 Å². The highest BCUT2D eigenvalue weighted by molar-refractivity contribution is 5.94. The molecule has 1 aromatic rings. The fourth-order valence-electron chi connectivity index (χ4n) is 2.58. The maximum Gasteiger partial charge on any atom is 0.251 e. The first-order valence-electron chi connectivity index (χ1n) is 7.77. The first-order valence-corrected chi connectivity index (χ1v) is 7.77. The summed E-state index contributed by atoms with van der Waals surface area (Å²) in [7, 11) is 0. The number of amides is 2.